The second-order valence-electron chi connectivity index (χ2n) is 2.25. The molecular formula is C6H18N2Si. The lowest BCUT2D eigenvalue weighted by Gasteiger charge is -1.98. The molecule has 0 amide bonds. The van der Waals surface area contributed by atoms with Crippen LogP contribution in [0.1, 0.15) is 19.8 Å². The van der Waals surface area contributed by atoms with Gasteiger partial charge in [-0.15, -0.1) is 0 Å². The maximum Gasteiger partial charge on any atom is 0.0916 e. The van der Waals surface area contributed by atoms with Crippen LogP contribution in [0.25, 0.3) is 0 Å². The van der Waals surface area contributed by atoms with Gasteiger partial charge in [0.1, 0.15) is 0 Å². The zero-order valence-electron chi connectivity index (χ0n) is 6.32. The van der Waals surface area contributed by atoms with E-state index in [0.717, 1.165) is 13.1 Å². The Hall–Kier alpha value is 0.137. The van der Waals surface area contributed by atoms with Gasteiger partial charge in [0, 0.05) is 13.1 Å². The minimum atomic E-state index is 0.0593. The van der Waals surface area contributed by atoms with E-state index in [-0.39, 0.29) is 9.68 Å². The highest BCUT2D eigenvalue weighted by Gasteiger charge is 1.85. The molecule has 56 valence electrons. The van der Waals surface area contributed by atoms with Gasteiger partial charge in [-0.25, -0.2) is 0 Å². The first-order valence-electron chi connectivity index (χ1n) is 3.82. The summed E-state index contributed by atoms with van der Waals surface area (Å²) in [5.74, 6) is 0. The molecule has 0 aromatic heterocycles. The van der Waals surface area contributed by atoms with Gasteiger partial charge in [0.2, 0.25) is 0 Å². The summed E-state index contributed by atoms with van der Waals surface area (Å²) in [6.45, 7) is 4.05. The standard InChI is InChI=1S/C6H18N2Si/c1-2-3-6-9-8-5-4-7/h8H,2-7,9H2,1H3. The lowest BCUT2D eigenvalue weighted by Crippen LogP contribution is -2.25. The third-order valence-electron chi connectivity index (χ3n) is 1.28. The monoisotopic (exact) mass is 146 g/mol. The van der Waals surface area contributed by atoms with Crippen molar-refractivity contribution in [2.45, 2.75) is 25.8 Å². The molecular weight excluding hydrogens is 128 g/mol. The smallest absolute Gasteiger partial charge is 0.0916 e. The van der Waals surface area contributed by atoms with Crippen molar-refractivity contribution in [2.75, 3.05) is 13.1 Å². The van der Waals surface area contributed by atoms with Crippen LogP contribution in [0.15, 0.2) is 0 Å². The average Bonchev–Trinajstić information content (AvgIpc) is 1.89. The van der Waals surface area contributed by atoms with E-state index < -0.39 is 0 Å². The zero-order valence-corrected chi connectivity index (χ0v) is 7.73. The van der Waals surface area contributed by atoms with Gasteiger partial charge in [0.25, 0.3) is 0 Å². The highest BCUT2D eigenvalue weighted by atomic mass is 28.2. The fourth-order valence-electron chi connectivity index (χ4n) is 0.727. The molecule has 0 aromatic carbocycles. The molecule has 0 radical (unpaired) electrons. The van der Waals surface area contributed by atoms with Crippen molar-refractivity contribution in [3.05, 3.63) is 0 Å². The van der Waals surface area contributed by atoms with Crippen LogP contribution in [0.4, 0.5) is 0 Å². The Balaban J connectivity index is 2.60. The van der Waals surface area contributed by atoms with Crippen LogP contribution < -0.4 is 10.7 Å². The highest BCUT2D eigenvalue weighted by Crippen LogP contribution is 1.90. The molecule has 0 aliphatic carbocycles. The quantitative estimate of drug-likeness (QED) is 0.403. The summed E-state index contributed by atoms with van der Waals surface area (Å²) in [6.07, 6.45) is 2.72. The van der Waals surface area contributed by atoms with Crippen LogP contribution in [-0.4, -0.2) is 22.8 Å². The Morgan fingerprint density at radius 2 is 2.33 bits per heavy atom. The molecule has 2 nitrogen and oxygen atoms in total. The molecule has 3 heteroatoms. The van der Waals surface area contributed by atoms with Gasteiger partial charge < -0.3 is 10.7 Å². The summed E-state index contributed by atoms with van der Waals surface area (Å²) in [7, 11) is 0.0593. The van der Waals surface area contributed by atoms with Crippen molar-refractivity contribution in [1.82, 2.24) is 4.98 Å². The predicted molar refractivity (Wildman–Crippen MR) is 45.3 cm³/mol. The van der Waals surface area contributed by atoms with Crippen molar-refractivity contribution in [3.63, 3.8) is 0 Å². The maximum atomic E-state index is 5.30. The summed E-state index contributed by atoms with van der Waals surface area (Å²) < 4.78 is 0. The fraction of sp³-hybridized carbons (Fsp3) is 1.00. The molecule has 0 aliphatic heterocycles. The van der Waals surface area contributed by atoms with E-state index in [1.807, 2.05) is 0 Å². The van der Waals surface area contributed by atoms with Crippen LogP contribution in [0.2, 0.25) is 6.04 Å². The van der Waals surface area contributed by atoms with E-state index in [0.29, 0.717) is 0 Å². The van der Waals surface area contributed by atoms with E-state index in [1.54, 1.807) is 0 Å². The van der Waals surface area contributed by atoms with Gasteiger partial charge >= 0.3 is 0 Å². The number of hydrogen-bond acceptors (Lipinski definition) is 2. The van der Waals surface area contributed by atoms with Crippen LogP contribution in [0, 0.1) is 0 Å². The number of nitrogens with two attached hydrogens (primary N) is 1. The summed E-state index contributed by atoms with van der Waals surface area (Å²) in [5.41, 5.74) is 5.30. The van der Waals surface area contributed by atoms with Crippen molar-refractivity contribution in [3.8, 4) is 0 Å². The molecule has 9 heavy (non-hydrogen) atoms. The van der Waals surface area contributed by atoms with Crippen LogP contribution in [0.5, 0.6) is 0 Å². The van der Waals surface area contributed by atoms with Gasteiger partial charge in [-0.05, 0) is 6.04 Å². The second kappa shape index (κ2) is 8.14. The topological polar surface area (TPSA) is 38.0 Å². The molecule has 0 fully saturated rings. The Morgan fingerprint density at radius 3 is 2.89 bits per heavy atom. The van der Waals surface area contributed by atoms with E-state index >= 15 is 0 Å². The molecule has 3 N–H and O–H groups in total. The first-order valence-corrected chi connectivity index (χ1v) is 5.53. The van der Waals surface area contributed by atoms with Crippen molar-refractivity contribution in [2.24, 2.45) is 5.73 Å². The molecule has 0 bridgehead atoms. The SMILES string of the molecule is CCCC[SiH2]NCCN. The zero-order chi connectivity index (χ0) is 6.95. The van der Waals surface area contributed by atoms with Crippen molar-refractivity contribution in [1.29, 1.82) is 0 Å². The fourth-order valence-corrected chi connectivity index (χ4v) is 2.18. The maximum absolute atomic E-state index is 5.30. The van der Waals surface area contributed by atoms with Gasteiger partial charge in [-0.1, -0.05) is 19.8 Å². The number of hydrogen-bond donors (Lipinski definition) is 2. The predicted octanol–water partition coefficient (Wildman–Crippen LogP) is -0.163. The van der Waals surface area contributed by atoms with E-state index in [9.17, 15) is 0 Å². The molecule has 0 unspecified atom stereocenters. The molecule has 0 heterocycles. The minimum absolute atomic E-state index is 0.0593. The Kier molecular flexibility index (Phi) is 8.26. The molecule has 0 aromatic rings. The molecule has 0 saturated carbocycles. The van der Waals surface area contributed by atoms with Crippen LogP contribution in [-0.2, 0) is 0 Å². The van der Waals surface area contributed by atoms with Crippen molar-refractivity contribution >= 4 is 9.68 Å². The molecule has 0 atom stereocenters. The number of rotatable bonds is 6. The highest BCUT2D eigenvalue weighted by molar-refractivity contribution is 6.32. The lowest BCUT2D eigenvalue weighted by atomic mass is 10.4. The van der Waals surface area contributed by atoms with Crippen LogP contribution in [0.3, 0.4) is 0 Å². The summed E-state index contributed by atoms with van der Waals surface area (Å²) in [4.78, 5) is 3.38. The van der Waals surface area contributed by atoms with Crippen molar-refractivity contribution < 1.29 is 0 Å². The molecule has 0 aliphatic rings. The van der Waals surface area contributed by atoms with Gasteiger partial charge in [-0.2, -0.15) is 0 Å². The molecule has 0 spiro atoms. The summed E-state index contributed by atoms with van der Waals surface area (Å²) in [5, 5.41) is 0. The Morgan fingerprint density at radius 1 is 1.56 bits per heavy atom. The lowest BCUT2D eigenvalue weighted by molar-refractivity contribution is 0.848. The van der Waals surface area contributed by atoms with E-state index in [4.69, 9.17) is 5.73 Å². The van der Waals surface area contributed by atoms with Crippen LogP contribution >= 0.6 is 0 Å². The Labute approximate surface area is 60.1 Å². The minimum Gasteiger partial charge on any atom is -0.341 e. The first-order chi connectivity index (χ1) is 4.41. The third kappa shape index (κ3) is 8.14. The summed E-state index contributed by atoms with van der Waals surface area (Å²) >= 11 is 0. The Bertz CT molecular complexity index is 44.3. The number of unbranched alkanes of at least 4 members (excludes halogenated alkanes) is 1. The summed E-state index contributed by atoms with van der Waals surface area (Å²) in [6, 6.07) is 1.43. The third-order valence-corrected chi connectivity index (χ3v) is 2.84. The largest absolute Gasteiger partial charge is 0.341 e. The number of nitrogens with one attached hydrogen (secondary N) is 1. The molecule has 0 saturated heterocycles. The van der Waals surface area contributed by atoms with E-state index in [2.05, 4.69) is 11.9 Å². The second-order valence-corrected chi connectivity index (χ2v) is 3.95. The molecule has 0 rings (SSSR count). The first kappa shape index (κ1) is 9.14. The van der Waals surface area contributed by atoms with Gasteiger partial charge in [0.05, 0.1) is 9.68 Å². The normalized spacial score (nSPS) is 11.3. The van der Waals surface area contributed by atoms with Gasteiger partial charge in [0.15, 0.2) is 0 Å². The van der Waals surface area contributed by atoms with E-state index in [1.165, 1.54) is 18.9 Å². The van der Waals surface area contributed by atoms with Gasteiger partial charge in [-0.3, -0.25) is 0 Å². The average molecular weight is 146 g/mol.